The lowest BCUT2D eigenvalue weighted by molar-refractivity contribution is -0.137. The van der Waals surface area contributed by atoms with Crippen LogP contribution in [0.15, 0.2) is 29.2 Å². The lowest BCUT2D eigenvalue weighted by Gasteiger charge is -2.04. The van der Waals surface area contributed by atoms with Crippen LogP contribution in [0.25, 0.3) is 11.4 Å². The normalized spacial score (nSPS) is 11.4. The average molecular weight is 296 g/mol. The quantitative estimate of drug-likeness (QED) is 0.839. The summed E-state index contributed by atoms with van der Waals surface area (Å²) < 4.78 is 24.4. The fourth-order valence-corrected chi connectivity index (χ4v) is 2.30. The van der Waals surface area contributed by atoms with Gasteiger partial charge in [0.2, 0.25) is 0 Å². The first-order valence-electron chi connectivity index (χ1n) is 5.66. The Balaban J connectivity index is 2.38. The Labute approximate surface area is 115 Å². The molecule has 1 aromatic heterocycles. The molecule has 0 atom stereocenters. The van der Waals surface area contributed by atoms with Gasteiger partial charge in [-0.05, 0) is 22.6 Å². The monoisotopic (exact) mass is 296 g/mol. The molecule has 0 saturated heterocycles. The molecule has 1 heterocycles. The summed E-state index contributed by atoms with van der Waals surface area (Å²) in [6.07, 6.45) is 0.989. The van der Waals surface area contributed by atoms with Gasteiger partial charge >= 0.3 is 5.97 Å². The highest BCUT2D eigenvalue weighted by Gasteiger charge is 2.13. The van der Waals surface area contributed by atoms with E-state index >= 15 is 0 Å². The minimum Gasteiger partial charge on any atom is -0.481 e. The first-order valence-corrected chi connectivity index (χ1v) is 7.55. The Kier molecular flexibility index (Phi) is 3.79. The number of tetrazole rings is 1. The van der Waals surface area contributed by atoms with Crippen LogP contribution in [0.3, 0.4) is 0 Å². The number of aryl methyl sites for hydroxylation is 1. The predicted molar refractivity (Wildman–Crippen MR) is 68.6 cm³/mol. The molecule has 2 aromatic rings. The zero-order valence-electron chi connectivity index (χ0n) is 10.6. The molecule has 0 amide bonds. The van der Waals surface area contributed by atoms with Gasteiger partial charge in [-0.15, -0.1) is 5.10 Å². The van der Waals surface area contributed by atoms with Crippen LogP contribution < -0.4 is 0 Å². The van der Waals surface area contributed by atoms with Crippen molar-refractivity contribution in [3.63, 3.8) is 0 Å². The van der Waals surface area contributed by atoms with E-state index in [2.05, 4.69) is 15.5 Å². The lowest BCUT2D eigenvalue weighted by atomic mass is 10.2. The lowest BCUT2D eigenvalue weighted by Crippen LogP contribution is -2.08. The van der Waals surface area contributed by atoms with Crippen LogP contribution in [-0.4, -0.2) is 46.0 Å². The third-order valence-corrected chi connectivity index (χ3v) is 3.70. The number of sulfone groups is 1. The van der Waals surface area contributed by atoms with Crippen LogP contribution in [0.4, 0.5) is 0 Å². The molecule has 0 radical (unpaired) electrons. The third-order valence-electron chi connectivity index (χ3n) is 2.59. The van der Waals surface area contributed by atoms with Crippen molar-refractivity contribution < 1.29 is 18.3 Å². The molecule has 0 unspecified atom stereocenters. The van der Waals surface area contributed by atoms with E-state index < -0.39 is 15.8 Å². The van der Waals surface area contributed by atoms with Crippen LogP contribution in [0.5, 0.6) is 0 Å². The van der Waals surface area contributed by atoms with Crippen LogP contribution in [0.2, 0.25) is 0 Å². The first kappa shape index (κ1) is 14.1. The van der Waals surface area contributed by atoms with E-state index in [0.717, 1.165) is 6.26 Å². The van der Waals surface area contributed by atoms with Gasteiger partial charge in [0.05, 0.1) is 17.9 Å². The van der Waals surface area contributed by atoms with Crippen LogP contribution in [0.1, 0.15) is 6.42 Å². The highest BCUT2D eigenvalue weighted by Crippen LogP contribution is 2.20. The first-order chi connectivity index (χ1) is 9.38. The second kappa shape index (κ2) is 5.37. The number of carboxylic acids is 1. The number of aliphatic carboxylic acids is 1. The molecule has 2 rings (SSSR count). The van der Waals surface area contributed by atoms with Gasteiger partial charge in [0.25, 0.3) is 0 Å². The highest BCUT2D eigenvalue weighted by atomic mass is 32.2. The van der Waals surface area contributed by atoms with Gasteiger partial charge in [0.15, 0.2) is 15.7 Å². The summed E-state index contributed by atoms with van der Waals surface area (Å²) in [6, 6.07) is 6.18. The third kappa shape index (κ3) is 3.18. The number of rotatable bonds is 5. The molecular weight excluding hydrogens is 284 g/mol. The van der Waals surface area contributed by atoms with E-state index in [4.69, 9.17) is 5.11 Å². The summed E-state index contributed by atoms with van der Waals surface area (Å²) in [5, 5.41) is 19.7. The predicted octanol–water partition coefficient (Wildman–Crippen LogP) is 0.218. The topological polar surface area (TPSA) is 115 Å². The van der Waals surface area contributed by atoms with Gasteiger partial charge in [-0.3, -0.25) is 4.79 Å². The van der Waals surface area contributed by atoms with Crippen molar-refractivity contribution in [2.45, 2.75) is 17.9 Å². The Morgan fingerprint density at radius 1 is 1.40 bits per heavy atom. The summed E-state index contributed by atoms with van der Waals surface area (Å²) in [6.45, 7) is 0.112. The summed E-state index contributed by atoms with van der Waals surface area (Å²) in [4.78, 5) is 10.7. The molecule has 1 aromatic carbocycles. The molecule has 20 heavy (non-hydrogen) atoms. The van der Waals surface area contributed by atoms with Crippen LogP contribution in [-0.2, 0) is 21.2 Å². The standard InChI is InChI=1S/C11H12N4O4S/c1-20(18,19)9-4-2-3-8(7-9)11-12-13-14-15(11)6-5-10(16)17/h2-4,7H,5-6H2,1H3,(H,16,17). The fourth-order valence-electron chi connectivity index (χ4n) is 1.63. The molecule has 8 nitrogen and oxygen atoms in total. The van der Waals surface area contributed by atoms with E-state index in [1.807, 2.05) is 0 Å². The van der Waals surface area contributed by atoms with Crippen molar-refractivity contribution in [3.05, 3.63) is 24.3 Å². The largest absolute Gasteiger partial charge is 0.481 e. The number of carbonyl (C=O) groups is 1. The van der Waals surface area contributed by atoms with Gasteiger partial charge in [-0.1, -0.05) is 12.1 Å². The van der Waals surface area contributed by atoms with E-state index in [-0.39, 0.29) is 17.9 Å². The number of carboxylic acid groups (broad SMARTS) is 1. The Hall–Kier alpha value is -2.29. The zero-order valence-corrected chi connectivity index (χ0v) is 11.4. The zero-order chi connectivity index (χ0) is 14.8. The maximum Gasteiger partial charge on any atom is 0.305 e. The van der Waals surface area contributed by atoms with E-state index in [0.29, 0.717) is 11.4 Å². The van der Waals surface area contributed by atoms with Crippen molar-refractivity contribution >= 4 is 15.8 Å². The number of aromatic nitrogens is 4. The van der Waals surface area contributed by atoms with Crippen molar-refractivity contribution in [2.24, 2.45) is 0 Å². The second-order valence-corrected chi connectivity index (χ2v) is 6.19. The molecule has 1 N–H and O–H groups in total. The Morgan fingerprint density at radius 3 is 2.80 bits per heavy atom. The maximum absolute atomic E-state index is 11.5. The molecule has 0 aliphatic rings. The molecule has 0 aliphatic carbocycles. The SMILES string of the molecule is CS(=O)(=O)c1cccc(-c2nnnn2CCC(=O)O)c1. The van der Waals surface area contributed by atoms with Crippen molar-refractivity contribution in [1.29, 1.82) is 0 Å². The van der Waals surface area contributed by atoms with E-state index in [9.17, 15) is 13.2 Å². The minimum atomic E-state index is -3.33. The molecule has 0 bridgehead atoms. The van der Waals surface area contributed by atoms with Gasteiger partial charge in [0.1, 0.15) is 0 Å². The van der Waals surface area contributed by atoms with Gasteiger partial charge in [0, 0.05) is 11.8 Å². The number of hydrogen-bond donors (Lipinski definition) is 1. The maximum atomic E-state index is 11.5. The molecular formula is C11H12N4O4S. The average Bonchev–Trinajstić information content (AvgIpc) is 2.83. The summed E-state index contributed by atoms with van der Waals surface area (Å²) >= 11 is 0. The Bertz CT molecular complexity index is 738. The molecule has 0 fully saturated rings. The second-order valence-electron chi connectivity index (χ2n) is 4.17. The van der Waals surface area contributed by atoms with Gasteiger partial charge < -0.3 is 5.11 Å². The number of hydrogen-bond acceptors (Lipinski definition) is 6. The Morgan fingerprint density at radius 2 is 2.15 bits per heavy atom. The van der Waals surface area contributed by atoms with E-state index in [1.165, 1.54) is 16.8 Å². The molecule has 0 aliphatic heterocycles. The van der Waals surface area contributed by atoms with E-state index in [1.54, 1.807) is 12.1 Å². The number of benzene rings is 1. The number of nitrogens with zero attached hydrogens (tertiary/aromatic N) is 4. The fraction of sp³-hybridized carbons (Fsp3) is 0.273. The summed E-state index contributed by atoms with van der Waals surface area (Å²) in [5.74, 6) is -0.631. The summed E-state index contributed by atoms with van der Waals surface area (Å²) in [5.41, 5.74) is 0.517. The van der Waals surface area contributed by atoms with Crippen LogP contribution >= 0.6 is 0 Å². The van der Waals surface area contributed by atoms with Gasteiger partial charge in [-0.2, -0.15) is 0 Å². The molecule has 9 heteroatoms. The minimum absolute atomic E-state index is 0.112. The molecule has 0 saturated carbocycles. The molecule has 106 valence electrons. The highest BCUT2D eigenvalue weighted by molar-refractivity contribution is 7.90. The smallest absolute Gasteiger partial charge is 0.305 e. The van der Waals surface area contributed by atoms with Crippen molar-refractivity contribution in [3.8, 4) is 11.4 Å². The molecule has 0 spiro atoms. The summed E-state index contributed by atoms with van der Waals surface area (Å²) in [7, 11) is -3.33. The van der Waals surface area contributed by atoms with Crippen molar-refractivity contribution in [2.75, 3.05) is 6.26 Å². The van der Waals surface area contributed by atoms with Crippen molar-refractivity contribution in [1.82, 2.24) is 20.2 Å². The van der Waals surface area contributed by atoms with Gasteiger partial charge in [-0.25, -0.2) is 13.1 Å². The van der Waals surface area contributed by atoms with Crippen LogP contribution in [0, 0.1) is 0 Å².